The molecule has 0 aliphatic carbocycles. The van der Waals surface area contributed by atoms with Crippen molar-refractivity contribution in [3.63, 3.8) is 0 Å². The molecule has 25 nitrogen and oxygen atoms in total. The number of carbonyl (C=O) groups is 3. The summed E-state index contributed by atoms with van der Waals surface area (Å²) in [4.78, 5) is 34.4. The van der Waals surface area contributed by atoms with Gasteiger partial charge in [0.2, 0.25) is 17.1 Å². The first kappa shape index (κ1) is 69.4. The van der Waals surface area contributed by atoms with E-state index in [1.165, 1.54) is 65.0 Å². The molecule has 9 aromatic rings. The van der Waals surface area contributed by atoms with Crippen molar-refractivity contribution in [2.24, 2.45) is 0 Å². The van der Waals surface area contributed by atoms with E-state index in [9.17, 15) is 72.2 Å². The van der Waals surface area contributed by atoms with Gasteiger partial charge in [-0.2, -0.15) is 0 Å². The molecule has 3 aromatic heterocycles. The first-order chi connectivity index (χ1) is 43.4. The van der Waals surface area contributed by atoms with Crippen LogP contribution in [0.1, 0.15) is 49.5 Å². The van der Waals surface area contributed by atoms with Gasteiger partial charge in [0, 0.05) is 24.3 Å². The maximum Gasteiger partial charge on any atom is 0.573 e. The molecule has 0 saturated heterocycles. The summed E-state index contributed by atoms with van der Waals surface area (Å²) in [6.07, 6.45) is -19.3. The van der Waals surface area contributed by atoms with Crippen molar-refractivity contribution in [1.29, 1.82) is 0 Å². The van der Waals surface area contributed by atoms with Crippen LogP contribution in [-0.2, 0) is 17.8 Å². The molecule has 0 bridgehead atoms. The number of phenols is 1. The second-order valence-corrected chi connectivity index (χ2v) is 17.2. The van der Waals surface area contributed by atoms with Crippen LogP contribution < -0.4 is 42.6 Å². The Morgan fingerprint density at radius 2 is 0.837 bits per heavy atom. The number of esters is 1. The number of nitrogens with one attached hydrogen (secondary N) is 1. The van der Waals surface area contributed by atoms with Crippen molar-refractivity contribution < 1.29 is 130 Å². The van der Waals surface area contributed by atoms with Crippen molar-refractivity contribution in [2.45, 2.75) is 45.5 Å². The van der Waals surface area contributed by atoms with E-state index in [-0.39, 0.29) is 66.0 Å². The smallest absolute Gasteiger partial charge is 0.508 e. The van der Waals surface area contributed by atoms with Crippen LogP contribution in [0.25, 0.3) is 0 Å². The number of hydrogen-bond acceptors (Lipinski definition) is 20. The molecule has 37 heteroatoms. The van der Waals surface area contributed by atoms with E-state index >= 15 is 0 Å². The summed E-state index contributed by atoms with van der Waals surface area (Å²) in [6.45, 7) is 2.00. The van der Waals surface area contributed by atoms with Crippen LogP contribution in [0.5, 0.6) is 75.1 Å². The van der Waals surface area contributed by atoms with Crippen molar-refractivity contribution >= 4 is 17.9 Å². The number of aromatic nitrogens is 9. The van der Waals surface area contributed by atoms with Gasteiger partial charge in [-0.1, -0.05) is 69.3 Å². The number of rotatable bonds is 20. The molecule has 0 unspecified atom stereocenters. The maximum atomic E-state index is 12.5. The Morgan fingerprint density at radius 1 is 0.467 bits per heavy atom. The summed E-state index contributed by atoms with van der Waals surface area (Å²) in [7, 11) is 3.06. The topological polar surface area (TPSA) is 307 Å². The van der Waals surface area contributed by atoms with Crippen molar-refractivity contribution in [3.8, 4) is 75.1 Å². The Hall–Kier alpha value is -11.7. The van der Waals surface area contributed by atoms with E-state index in [1.807, 2.05) is 0 Å². The Kier molecular flexibility index (Phi) is 23.4. The fourth-order valence-corrected chi connectivity index (χ4v) is 6.94. The number of ether oxygens (including phenoxy) is 10. The predicted molar refractivity (Wildman–Crippen MR) is 285 cm³/mol. The predicted octanol–water partition coefficient (Wildman–Crippen LogP) is 12.4. The van der Waals surface area contributed by atoms with Gasteiger partial charge in [0.05, 0.1) is 33.9 Å². The minimum absolute atomic E-state index is 0.00872. The number of phenolic OH excluding ortho intramolecular Hbond substituents is 1. The fraction of sp³-hybridized carbons (Fsp3) is 0.182. The van der Waals surface area contributed by atoms with E-state index in [1.54, 1.807) is 62.6 Å². The van der Waals surface area contributed by atoms with Gasteiger partial charge in [-0.25, -0.2) is 28.8 Å². The first-order valence-electron chi connectivity index (χ1n) is 25.2. The molecule has 9 rings (SSSR count). The quantitative estimate of drug-likeness (QED) is 0.0407. The molecule has 0 spiro atoms. The molecule has 6 aromatic carbocycles. The van der Waals surface area contributed by atoms with Crippen LogP contribution in [0, 0.1) is 0 Å². The molecule has 0 fully saturated rings. The van der Waals surface area contributed by atoms with E-state index in [4.69, 9.17) is 38.6 Å². The minimum atomic E-state index is -4.87. The van der Waals surface area contributed by atoms with Crippen LogP contribution in [0.15, 0.2) is 146 Å². The number of aromatic carboxylic acids is 2. The highest BCUT2D eigenvalue weighted by Gasteiger charge is 2.34. The number of benzene rings is 6. The van der Waals surface area contributed by atoms with Crippen LogP contribution >= 0.6 is 0 Å². The Balaban J connectivity index is 0.000000204. The molecule has 488 valence electrons. The number of nitrogens with zero attached hydrogens (tertiary/aromatic N) is 8. The zero-order valence-corrected chi connectivity index (χ0v) is 46.7. The number of alkyl halides is 12. The summed E-state index contributed by atoms with van der Waals surface area (Å²) in [5, 5.41) is 50.6. The lowest BCUT2D eigenvalue weighted by Crippen LogP contribution is -2.17. The van der Waals surface area contributed by atoms with E-state index in [0.29, 0.717) is 11.5 Å². The third-order valence-electron chi connectivity index (χ3n) is 10.6. The molecule has 0 aliphatic rings. The third kappa shape index (κ3) is 22.8. The van der Waals surface area contributed by atoms with Gasteiger partial charge in [-0.05, 0) is 90.8 Å². The SMILES string of the molecule is CCOC(=O)c1nnn(Cc2ccc(OC)cc2)c1Oc1cccc(OC(F)(F)F)c1.COc1ccc(Cn2nnc(C(=O)O)c2Oc2cccc(OC(F)(F)F)c2)cc1.O=C(O)c1[nH]nnc1Oc1cccc(OC(F)(F)F)c1.Oc1cccc(OC(F)(F)F)c1. The largest absolute Gasteiger partial charge is 0.573 e. The molecule has 0 radical (unpaired) electrons. The Morgan fingerprint density at radius 3 is 1.21 bits per heavy atom. The normalized spacial score (nSPS) is 11.2. The molecule has 0 atom stereocenters. The molecule has 0 aliphatic heterocycles. The average Bonchev–Trinajstić information content (AvgIpc) is 1.68. The number of carboxylic acids is 2. The third-order valence-corrected chi connectivity index (χ3v) is 10.6. The number of aromatic amines is 1. The monoisotopic (exact) mass is 1310 g/mol. The lowest BCUT2D eigenvalue weighted by Gasteiger charge is -2.12. The maximum absolute atomic E-state index is 12.5. The van der Waals surface area contributed by atoms with Crippen LogP contribution in [0.3, 0.4) is 0 Å². The van der Waals surface area contributed by atoms with Gasteiger partial charge in [0.25, 0.3) is 17.6 Å². The Labute approximate surface area is 507 Å². The number of carboxylic acid groups (broad SMARTS) is 2. The van der Waals surface area contributed by atoms with Crippen molar-refractivity contribution in [3.05, 3.63) is 174 Å². The summed E-state index contributed by atoms with van der Waals surface area (Å²) < 4.78 is 194. The standard InChI is InChI=1S/C20H18F3N3O5.C18H14F3N3O5.C10H6F3N3O4.C7H5F3O2/c1-3-29-19(27)17-18(30-15-5-4-6-16(11-15)31-20(21,22)23)26(25-24-17)12-13-7-9-14(28-2)10-8-13;1-27-12-7-5-11(6-8-12)10-24-16(15(17(25)26)22-23-24)28-13-3-2-4-14(9-13)29-18(19,20)21;11-10(12,13)20-6-3-1-2-5(4-6)19-8-7(9(17)18)14-16-15-8;8-7(9,10)12-6-3-1-2-5(11)4-6/h4-11H,3,12H2,1-2H3;2-9H,10H2,1H3,(H,25,26);1-4H,(H,17,18)(H,14,15,16);1-4,11H. The van der Waals surface area contributed by atoms with Crippen molar-refractivity contribution in [1.82, 2.24) is 45.4 Å². The highest BCUT2D eigenvalue weighted by atomic mass is 19.4. The van der Waals surface area contributed by atoms with Gasteiger partial charge in [0.15, 0.2) is 0 Å². The number of carbonyl (C=O) groups excluding carboxylic acids is 1. The zero-order chi connectivity index (χ0) is 67.4. The van der Waals surface area contributed by atoms with Gasteiger partial charge in [0.1, 0.15) is 57.5 Å². The Bertz CT molecular complexity index is 3880. The van der Waals surface area contributed by atoms with Crippen LogP contribution in [0.4, 0.5) is 52.7 Å². The van der Waals surface area contributed by atoms with Gasteiger partial charge >= 0.3 is 43.4 Å². The lowest BCUT2D eigenvalue weighted by molar-refractivity contribution is -0.275. The minimum Gasteiger partial charge on any atom is -0.508 e. The molecular formula is C55H43F12N9O16. The number of aromatic hydroxyl groups is 1. The zero-order valence-electron chi connectivity index (χ0n) is 46.7. The average molecular weight is 1310 g/mol. The molecule has 4 N–H and O–H groups in total. The van der Waals surface area contributed by atoms with Gasteiger partial charge in [-0.15, -0.1) is 62.9 Å². The summed E-state index contributed by atoms with van der Waals surface area (Å²) >= 11 is 0. The number of hydrogen-bond donors (Lipinski definition) is 4. The highest BCUT2D eigenvalue weighted by molar-refractivity contribution is 5.90. The van der Waals surface area contributed by atoms with Gasteiger partial charge in [-0.3, -0.25) is 0 Å². The molecule has 92 heavy (non-hydrogen) atoms. The van der Waals surface area contributed by atoms with Crippen molar-refractivity contribution in [2.75, 3.05) is 20.8 Å². The molecule has 3 heterocycles. The molecular weight excluding hydrogens is 1270 g/mol. The summed E-state index contributed by atoms with van der Waals surface area (Å²) in [5.74, 6) is -5.30. The lowest BCUT2D eigenvalue weighted by atomic mass is 10.2. The summed E-state index contributed by atoms with van der Waals surface area (Å²) in [5.41, 5.74) is 0.414. The van der Waals surface area contributed by atoms with E-state index in [0.717, 1.165) is 59.7 Å². The number of methoxy groups -OCH3 is 2. The summed E-state index contributed by atoms with van der Waals surface area (Å²) in [6, 6.07) is 32.6. The highest BCUT2D eigenvalue weighted by Crippen LogP contribution is 2.34. The second-order valence-electron chi connectivity index (χ2n) is 17.2. The first-order valence-corrected chi connectivity index (χ1v) is 25.2. The molecule has 0 amide bonds. The second kappa shape index (κ2) is 31.0. The number of H-pyrrole nitrogens is 1. The van der Waals surface area contributed by atoms with Crippen LogP contribution in [0.2, 0.25) is 0 Å². The van der Waals surface area contributed by atoms with E-state index < -0.39 is 77.7 Å². The van der Waals surface area contributed by atoms with Gasteiger partial charge < -0.3 is 62.7 Å². The van der Waals surface area contributed by atoms with Crippen LogP contribution in [-0.4, -0.2) is 125 Å². The number of halogens is 12. The molecule has 0 saturated carbocycles. The fourth-order valence-electron chi connectivity index (χ4n) is 6.94. The van der Waals surface area contributed by atoms with E-state index in [2.05, 4.69) is 55.0 Å².